The minimum atomic E-state index is -1.31. The van der Waals surface area contributed by atoms with Gasteiger partial charge >= 0.3 is 5.97 Å². The molecule has 1 aromatic carbocycles. The third kappa shape index (κ3) is 3.88. The van der Waals surface area contributed by atoms with Crippen LogP contribution in [0.1, 0.15) is 24.2 Å². The molecule has 2 aromatic rings. The van der Waals surface area contributed by atoms with Crippen LogP contribution in [-0.2, 0) is 0 Å². The minimum absolute atomic E-state index is 0.0277. The van der Waals surface area contributed by atoms with Crippen molar-refractivity contribution in [3.63, 3.8) is 0 Å². The van der Waals surface area contributed by atoms with Gasteiger partial charge in [-0.15, -0.1) is 0 Å². The topological polar surface area (TPSA) is 84.3 Å². The zero-order valence-electron chi connectivity index (χ0n) is 11.5. The number of benzene rings is 1. The van der Waals surface area contributed by atoms with E-state index in [1.807, 2.05) is 13.8 Å². The number of ether oxygens (including phenoxy) is 1. The van der Waals surface area contributed by atoms with E-state index in [0.717, 1.165) is 6.07 Å². The molecule has 0 amide bonds. The van der Waals surface area contributed by atoms with Gasteiger partial charge in [0.25, 0.3) is 0 Å². The fourth-order valence-corrected chi connectivity index (χ4v) is 1.63. The Morgan fingerprint density at radius 3 is 2.71 bits per heavy atom. The molecule has 0 aliphatic carbocycles. The Balaban J connectivity index is 2.18. The Hall–Kier alpha value is -2.70. The van der Waals surface area contributed by atoms with Crippen molar-refractivity contribution in [2.75, 3.05) is 5.32 Å². The normalized spacial score (nSPS) is 10.5. The third-order valence-corrected chi connectivity index (χ3v) is 2.47. The number of hydrogen-bond acceptors (Lipinski definition) is 5. The quantitative estimate of drug-likeness (QED) is 0.881. The fraction of sp³-hybridized carbons (Fsp3) is 0.214. The van der Waals surface area contributed by atoms with E-state index in [2.05, 4.69) is 15.3 Å². The van der Waals surface area contributed by atoms with Crippen LogP contribution in [-0.4, -0.2) is 27.1 Å². The largest absolute Gasteiger partial charge is 0.478 e. The lowest BCUT2D eigenvalue weighted by atomic mass is 10.2. The molecule has 0 aliphatic heterocycles. The second kappa shape index (κ2) is 6.17. The summed E-state index contributed by atoms with van der Waals surface area (Å²) in [5.41, 5.74) is -0.00114. The molecule has 6 nitrogen and oxygen atoms in total. The van der Waals surface area contributed by atoms with Gasteiger partial charge in [0.2, 0.25) is 5.88 Å². The summed E-state index contributed by atoms with van der Waals surface area (Å²) in [5.74, 6) is -1.32. The molecule has 0 fully saturated rings. The maximum atomic E-state index is 13.6. The van der Waals surface area contributed by atoms with Gasteiger partial charge in [0.15, 0.2) is 0 Å². The highest BCUT2D eigenvalue weighted by atomic mass is 19.1. The molecular weight excluding hydrogens is 277 g/mol. The number of nitrogens with zero attached hydrogens (tertiary/aromatic N) is 2. The van der Waals surface area contributed by atoms with E-state index in [1.165, 1.54) is 18.5 Å². The molecule has 0 atom stereocenters. The van der Waals surface area contributed by atoms with E-state index in [-0.39, 0.29) is 11.7 Å². The fourth-order valence-electron chi connectivity index (χ4n) is 1.63. The van der Waals surface area contributed by atoms with Gasteiger partial charge < -0.3 is 15.2 Å². The van der Waals surface area contributed by atoms with Crippen molar-refractivity contribution in [2.45, 2.75) is 20.0 Å². The number of aromatic nitrogens is 2. The summed E-state index contributed by atoms with van der Waals surface area (Å²) in [5, 5.41) is 11.6. The molecule has 21 heavy (non-hydrogen) atoms. The molecule has 2 N–H and O–H groups in total. The molecule has 1 aromatic heterocycles. The predicted octanol–water partition coefficient (Wildman–Crippen LogP) is 2.84. The van der Waals surface area contributed by atoms with Crippen molar-refractivity contribution in [1.82, 2.24) is 9.97 Å². The first-order valence-corrected chi connectivity index (χ1v) is 6.24. The van der Waals surface area contributed by atoms with Crippen molar-refractivity contribution in [3.8, 4) is 5.88 Å². The monoisotopic (exact) mass is 291 g/mol. The van der Waals surface area contributed by atoms with Gasteiger partial charge in [0.1, 0.15) is 18.0 Å². The smallest absolute Gasteiger partial charge is 0.338 e. The van der Waals surface area contributed by atoms with Gasteiger partial charge in [0.05, 0.1) is 11.7 Å². The standard InChI is InChI=1S/C14H14FN3O3/c1-8(2)21-13-6-12(16-7-17-13)18-9-3-4-10(14(19)20)11(15)5-9/h3-8H,1-2H3,(H,19,20)(H,16,17,18). The second-order valence-corrected chi connectivity index (χ2v) is 4.53. The molecule has 0 saturated heterocycles. The maximum absolute atomic E-state index is 13.6. The Morgan fingerprint density at radius 2 is 2.10 bits per heavy atom. The summed E-state index contributed by atoms with van der Waals surface area (Å²) in [6.45, 7) is 3.74. The van der Waals surface area contributed by atoms with Gasteiger partial charge in [-0.25, -0.2) is 19.2 Å². The van der Waals surface area contributed by atoms with E-state index in [0.29, 0.717) is 17.4 Å². The number of rotatable bonds is 5. The number of halogens is 1. The molecule has 0 aliphatic rings. The highest BCUT2D eigenvalue weighted by Gasteiger charge is 2.11. The van der Waals surface area contributed by atoms with E-state index in [1.54, 1.807) is 6.07 Å². The molecule has 7 heteroatoms. The highest BCUT2D eigenvalue weighted by molar-refractivity contribution is 5.88. The summed E-state index contributed by atoms with van der Waals surface area (Å²) < 4.78 is 19.0. The highest BCUT2D eigenvalue weighted by Crippen LogP contribution is 2.20. The van der Waals surface area contributed by atoms with Crippen LogP contribution in [0, 0.1) is 5.82 Å². The zero-order valence-corrected chi connectivity index (χ0v) is 11.5. The zero-order chi connectivity index (χ0) is 15.4. The van der Waals surface area contributed by atoms with Crippen LogP contribution in [0.15, 0.2) is 30.6 Å². The molecule has 110 valence electrons. The molecule has 0 radical (unpaired) electrons. The van der Waals surface area contributed by atoms with Crippen molar-refractivity contribution >= 4 is 17.5 Å². The Labute approximate surface area is 120 Å². The SMILES string of the molecule is CC(C)Oc1cc(Nc2ccc(C(=O)O)c(F)c2)ncn1. The summed E-state index contributed by atoms with van der Waals surface area (Å²) in [4.78, 5) is 18.7. The molecule has 0 spiro atoms. The third-order valence-electron chi connectivity index (χ3n) is 2.47. The average Bonchev–Trinajstić information content (AvgIpc) is 2.37. The van der Waals surface area contributed by atoms with Crippen molar-refractivity contribution < 1.29 is 19.0 Å². The lowest BCUT2D eigenvalue weighted by molar-refractivity contribution is 0.0692. The molecular formula is C14H14FN3O3. The van der Waals surface area contributed by atoms with Gasteiger partial charge in [-0.1, -0.05) is 0 Å². The number of carboxylic acid groups (broad SMARTS) is 1. The Kier molecular flexibility index (Phi) is 4.32. The van der Waals surface area contributed by atoms with Gasteiger partial charge in [-0.3, -0.25) is 0 Å². The van der Waals surface area contributed by atoms with Crippen LogP contribution in [0.3, 0.4) is 0 Å². The van der Waals surface area contributed by atoms with Crippen LogP contribution in [0.25, 0.3) is 0 Å². The first-order chi connectivity index (χ1) is 9.95. The Bertz CT molecular complexity index is 662. The average molecular weight is 291 g/mol. The van der Waals surface area contributed by atoms with Crippen LogP contribution >= 0.6 is 0 Å². The lowest BCUT2D eigenvalue weighted by Crippen LogP contribution is -2.07. The molecule has 0 saturated carbocycles. The van der Waals surface area contributed by atoms with Crippen LogP contribution in [0.2, 0.25) is 0 Å². The van der Waals surface area contributed by atoms with Crippen LogP contribution in [0.4, 0.5) is 15.9 Å². The second-order valence-electron chi connectivity index (χ2n) is 4.53. The van der Waals surface area contributed by atoms with E-state index in [9.17, 15) is 9.18 Å². The number of nitrogens with one attached hydrogen (secondary N) is 1. The van der Waals surface area contributed by atoms with E-state index < -0.39 is 11.8 Å². The van der Waals surface area contributed by atoms with E-state index >= 15 is 0 Å². The minimum Gasteiger partial charge on any atom is -0.478 e. The number of carboxylic acids is 1. The molecule has 2 rings (SSSR count). The summed E-state index contributed by atoms with van der Waals surface area (Å²) in [6, 6.07) is 5.31. The van der Waals surface area contributed by atoms with Crippen LogP contribution < -0.4 is 10.1 Å². The summed E-state index contributed by atoms with van der Waals surface area (Å²) >= 11 is 0. The van der Waals surface area contributed by atoms with Crippen molar-refractivity contribution in [2.24, 2.45) is 0 Å². The number of hydrogen-bond donors (Lipinski definition) is 2. The number of aromatic carboxylic acids is 1. The van der Waals surface area contributed by atoms with Gasteiger partial charge in [0, 0.05) is 11.8 Å². The Morgan fingerprint density at radius 1 is 1.33 bits per heavy atom. The number of anilines is 2. The first-order valence-electron chi connectivity index (χ1n) is 6.24. The van der Waals surface area contributed by atoms with Gasteiger partial charge in [-0.05, 0) is 32.0 Å². The van der Waals surface area contributed by atoms with Crippen molar-refractivity contribution in [1.29, 1.82) is 0 Å². The first kappa shape index (κ1) is 14.7. The van der Waals surface area contributed by atoms with E-state index in [4.69, 9.17) is 9.84 Å². The maximum Gasteiger partial charge on any atom is 0.338 e. The number of carbonyl (C=O) groups is 1. The summed E-state index contributed by atoms with van der Waals surface area (Å²) in [6.07, 6.45) is 1.29. The molecule has 0 unspecified atom stereocenters. The molecule has 1 heterocycles. The lowest BCUT2D eigenvalue weighted by Gasteiger charge is -2.10. The van der Waals surface area contributed by atoms with Crippen LogP contribution in [0.5, 0.6) is 5.88 Å². The van der Waals surface area contributed by atoms with Gasteiger partial charge in [-0.2, -0.15) is 0 Å². The summed E-state index contributed by atoms with van der Waals surface area (Å²) in [7, 11) is 0. The van der Waals surface area contributed by atoms with Crippen molar-refractivity contribution in [3.05, 3.63) is 42.0 Å². The molecule has 0 bridgehead atoms. The predicted molar refractivity (Wildman–Crippen MR) is 74.4 cm³/mol.